The molecule has 1 amide bonds. The highest BCUT2D eigenvalue weighted by molar-refractivity contribution is 6.00. The Morgan fingerprint density at radius 2 is 2.00 bits per heavy atom. The molecule has 1 N–H and O–H groups in total. The number of ether oxygens (including phenoxy) is 1. The predicted octanol–water partition coefficient (Wildman–Crippen LogP) is 1.50. The zero-order valence-electron chi connectivity index (χ0n) is 14.7. The van der Waals surface area contributed by atoms with E-state index >= 15 is 0 Å². The standard InChI is InChI=1S/C19H22N2O5/c1-12(20-7-9-25-10-8-20)18(23)21-6-2-3-14-15-11-13(22)4-5-16(15)26-19(24)17(14)21/h4-5,11-12,22H,2-3,6-10H2,1H3. The molecule has 138 valence electrons. The molecule has 3 heterocycles. The molecule has 1 aromatic heterocycles. The van der Waals surface area contributed by atoms with Crippen molar-refractivity contribution in [3.8, 4) is 5.75 Å². The minimum absolute atomic E-state index is 0.0975. The van der Waals surface area contributed by atoms with Crippen molar-refractivity contribution in [3.63, 3.8) is 0 Å². The molecular weight excluding hydrogens is 336 g/mol. The molecule has 1 atom stereocenters. The molecule has 0 spiro atoms. The summed E-state index contributed by atoms with van der Waals surface area (Å²) in [6.07, 6.45) is 1.44. The van der Waals surface area contributed by atoms with Gasteiger partial charge in [0, 0.05) is 25.0 Å². The van der Waals surface area contributed by atoms with Crippen LogP contribution in [0.3, 0.4) is 0 Å². The normalized spacial score (nSPS) is 19.3. The van der Waals surface area contributed by atoms with Gasteiger partial charge in [0.05, 0.1) is 19.3 Å². The molecule has 26 heavy (non-hydrogen) atoms. The maximum absolute atomic E-state index is 13.1. The Bertz CT molecular complexity index is 901. The molecule has 0 radical (unpaired) electrons. The van der Waals surface area contributed by atoms with Crippen LogP contribution in [0.15, 0.2) is 27.4 Å². The quantitative estimate of drug-likeness (QED) is 0.819. The lowest BCUT2D eigenvalue weighted by molar-refractivity contribution is -0.125. The average Bonchev–Trinajstić information content (AvgIpc) is 2.68. The summed E-state index contributed by atoms with van der Waals surface area (Å²) in [5, 5.41) is 10.5. The molecule has 1 saturated heterocycles. The van der Waals surface area contributed by atoms with E-state index in [9.17, 15) is 14.7 Å². The van der Waals surface area contributed by atoms with Gasteiger partial charge in [-0.1, -0.05) is 0 Å². The fraction of sp³-hybridized carbons (Fsp3) is 0.474. The Morgan fingerprint density at radius 3 is 2.77 bits per heavy atom. The van der Waals surface area contributed by atoms with Gasteiger partial charge < -0.3 is 19.2 Å². The summed E-state index contributed by atoms with van der Waals surface area (Å²) >= 11 is 0. The van der Waals surface area contributed by atoms with Crippen LogP contribution in [-0.2, 0) is 16.0 Å². The number of anilines is 1. The van der Waals surface area contributed by atoms with E-state index in [0.29, 0.717) is 55.9 Å². The van der Waals surface area contributed by atoms with Gasteiger partial charge >= 0.3 is 5.63 Å². The Kier molecular flexibility index (Phi) is 4.42. The second kappa shape index (κ2) is 6.74. The summed E-state index contributed by atoms with van der Waals surface area (Å²) in [6, 6.07) is 4.34. The first-order valence-corrected chi connectivity index (χ1v) is 8.98. The Hall–Kier alpha value is -2.38. The smallest absolute Gasteiger partial charge is 0.360 e. The largest absolute Gasteiger partial charge is 0.508 e. The first kappa shape index (κ1) is 17.1. The first-order valence-electron chi connectivity index (χ1n) is 8.98. The minimum Gasteiger partial charge on any atom is -0.508 e. The third kappa shape index (κ3) is 2.87. The van der Waals surface area contributed by atoms with E-state index in [1.54, 1.807) is 17.0 Å². The molecule has 0 bridgehead atoms. The number of aromatic hydroxyl groups is 1. The molecule has 1 fully saturated rings. The van der Waals surface area contributed by atoms with Crippen LogP contribution < -0.4 is 10.5 Å². The average molecular weight is 358 g/mol. The van der Waals surface area contributed by atoms with Crippen LogP contribution in [0, 0.1) is 0 Å². The number of carbonyl (C=O) groups excluding carboxylic acids is 1. The molecule has 2 aliphatic rings. The highest BCUT2D eigenvalue weighted by Gasteiger charge is 2.33. The molecule has 4 rings (SSSR count). The topological polar surface area (TPSA) is 83.2 Å². The zero-order valence-corrected chi connectivity index (χ0v) is 14.7. The number of benzene rings is 1. The number of nitrogens with zero attached hydrogens (tertiary/aromatic N) is 2. The van der Waals surface area contributed by atoms with Crippen LogP contribution in [0.2, 0.25) is 0 Å². The molecule has 0 saturated carbocycles. The van der Waals surface area contributed by atoms with E-state index in [4.69, 9.17) is 9.15 Å². The molecule has 7 nitrogen and oxygen atoms in total. The summed E-state index contributed by atoms with van der Waals surface area (Å²) in [4.78, 5) is 29.4. The number of carbonyl (C=O) groups is 1. The lowest BCUT2D eigenvalue weighted by atomic mass is 9.98. The third-order valence-electron chi connectivity index (χ3n) is 5.27. The molecule has 7 heteroatoms. The molecule has 0 aliphatic carbocycles. The fourth-order valence-corrected chi connectivity index (χ4v) is 3.86. The summed E-state index contributed by atoms with van der Waals surface area (Å²) < 4.78 is 10.8. The summed E-state index contributed by atoms with van der Waals surface area (Å²) in [6.45, 7) is 4.99. The van der Waals surface area contributed by atoms with Crippen LogP contribution >= 0.6 is 0 Å². The number of phenolic OH excluding ortho intramolecular Hbond substituents is 1. The van der Waals surface area contributed by atoms with E-state index in [0.717, 1.165) is 12.0 Å². The van der Waals surface area contributed by atoms with Crippen molar-refractivity contribution >= 4 is 22.6 Å². The van der Waals surface area contributed by atoms with Gasteiger partial charge in [0.1, 0.15) is 17.0 Å². The number of rotatable bonds is 2. The van der Waals surface area contributed by atoms with Crippen molar-refractivity contribution in [1.29, 1.82) is 0 Å². The summed E-state index contributed by atoms with van der Waals surface area (Å²) in [7, 11) is 0. The number of hydrogen-bond acceptors (Lipinski definition) is 6. The second-order valence-corrected chi connectivity index (χ2v) is 6.81. The highest BCUT2D eigenvalue weighted by Crippen LogP contribution is 2.33. The second-order valence-electron chi connectivity index (χ2n) is 6.81. The van der Waals surface area contributed by atoms with Crippen LogP contribution in [0.5, 0.6) is 5.75 Å². The van der Waals surface area contributed by atoms with Crippen LogP contribution in [0.1, 0.15) is 18.9 Å². The predicted molar refractivity (Wildman–Crippen MR) is 96.7 cm³/mol. The fourth-order valence-electron chi connectivity index (χ4n) is 3.86. The van der Waals surface area contributed by atoms with Crippen molar-refractivity contribution in [3.05, 3.63) is 34.2 Å². The van der Waals surface area contributed by atoms with Gasteiger partial charge in [-0.05, 0) is 43.5 Å². The Labute approximate surface area is 150 Å². The van der Waals surface area contributed by atoms with Crippen molar-refractivity contribution in [2.75, 3.05) is 37.7 Å². The van der Waals surface area contributed by atoms with E-state index < -0.39 is 5.63 Å². The highest BCUT2D eigenvalue weighted by atomic mass is 16.5. The van der Waals surface area contributed by atoms with Crippen molar-refractivity contribution in [2.45, 2.75) is 25.8 Å². The number of phenols is 1. The Morgan fingerprint density at radius 1 is 1.23 bits per heavy atom. The maximum Gasteiger partial charge on any atom is 0.360 e. The van der Waals surface area contributed by atoms with Crippen LogP contribution in [-0.4, -0.2) is 54.8 Å². The van der Waals surface area contributed by atoms with Gasteiger partial charge in [-0.25, -0.2) is 4.79 Å². The van der Waals surface area contributed by atoms with Gasteiger partial charge in [-0.3, -0.25) is 9.69 Å². The number of aryl methyl sites for hydroxylation is 1. The van der Waals surface area contributed by atoms with Gasteiger partial charge in [-0.15, -0.1) is 0 Å². The Balaban J connectivity index is 1.75. The molecule has 1 unspecified atom stereocenters. The monoisotopic (exact) mass is 358 g/mol. The van der Waals surface area contributed by atoms with Gasteiger partial charge in [0.25, 0.3) is 0 Å². The molecule has 1 aromatic carbocycles. The summed E-state index contributed by atoms with van der Waals surface area (Å²) in [5.41, 5.74) is 1.03. The SMILES string of the molecule is CC(C(=O)N1CCCc2c1c(=O)oc1ccc(O)cc21)N1CCOCC1. The van der Waals surface area contributed by atoms with Crippen molar-refractivity contribution < 1.29 is 19.1 Å². The molecule has 2 aromatic rings. The van der Waals surface area contributed by atoms with Crippen LogP contribution in [0.4, 0.5) is 5.69 Å². The van der Waals surface area contributed by atoms with Crippen molar-refractivity contribution in [1.82, 2.24) is 4.90 Å². The van der Waals surface area contributed by atoms with E-state index in [1.165, 1.54) is 6.07 Å². The van der Waals surface area contributed by atoms with Gasteiger partial charge in [-0.2, -0.15) is 0 Å². The third-order valence-corrected chi connectivity index (χ3v) is 5.27. The van der Waals surface area contributed by atoms with E-state index in [1.807, 2.05) is 6.92 Å². The molecule has 2 aliphatic heterocycles. The zero-order chi connectivity index (χ0) is 18.3. The van der Waals surface area contributed by atoms with Gasteiger partial charge in [0.2, 0.25) is 5.91 Å². The van der Waals surface area contributed by atoms with Gasteiger partial charge in [0.15, 0.2) is 0 Å². The van der Waals surface area contributed by atoms with Crippen LogP contribution in [0.25, 0.3) is 11.0 Å². The number of fused-ring (bicyclic) bond motifs is 3. The minimum atomic E-state index is -0.500. The number of hydrogen-bond donors (Lipinski definition) is 1. The van der Waals surface area contributed by atoms with E-state index in [-0.39, 0.29) is 17.7 Å². The molecular formula is C19H22N2O5. The van der Waals surface area contributed by atoms with Crippen molar-refractivity contribution in [2.24, 2.45) is 0 Å². The summed E-state index contributed by atoms with van der Waals surface area (Å²) in [5.74, 6) is 0.0123. The lowest BCUT2D eigenvalue weighted by Gasteiger charge is -2.36. The lowest BCUT2D eigenvalue weighted by Crippen LogP contribution is -2.52. The van der Waals surface area contributed by atoms with E-state index in [2.05, 4.69) is 4.90 Å². The number of amides is 1. The maximum atomic E-state index is 13.1. The first-order chi connectivity index (χ1) is 12.6. The number of morpholine rings is 1.